The minimum absolute atomic E-state index is 0.121. The number of hydrogen-bond acceptors (Lipinski definition) is 4. The lowest BCUT2D eigenvalue weighted by Gasteiger charge is -2.27. The van der Waals surface area contributed by atoms with Crippen LogP contribution in [-0.4, -0.2) is 33.2 Å². The monoisotopic (exact) mass is 326 g/mol. The molecule has 0 bridgehead atoms. The van der Waals surface area contributed by atoms with Crippen molar-refractivity contribution in [3.63, 3.8) is 0 Å². The molecule has 0 spiro atoms. The van der Waals surface area contributed by atoms with E-state index >= 15 is 0 Å². The number of para-hydroxylation sites is 1. The van der Waals surface area contributed by atoms with Crippen LogP contribution in [0.1, 0.15) is 27.5 Å². The Kier molecular flexibility index (Phi) is 5.01. The highest BCUT2D eigenvalue weighted by Gasteiger charge is 2.21. The molecule has 0 aliphatic carbocycles. The van der Waals surface area contributed by atoms with Crippen molar-refractivity contribution in [3.05, 3.63) is 59.2 Å². The zero-order chi connectivity index (χ0) is 16.9. The summed E-state index contributed by atoms with van der Waals surface area (Å²) in [5.74, 6) is 0.830. The van der Waals surface area contributed by atoms with Crippen molar-refractivity contribution in [2.75, 3.05) is 27.3 Å². The normalized spacial score (nSPS) is 16.2. The lowest BCUT2D eigenvalue weighted by molar-refractivity contribution is 0.0945. The van der Waals surface area contributed by atoms with E-state index in [0.29, 0.717) is 23.6 Å². The molecule has 24 heavy (non-hydrogen) atoms. The third kappa shape index (κ3) is 3.21. The van der Waals surface area contributed by atoms with Crippen molar-refractivity contribution >= 4 is 5.91 Å². The first kappa shape index (κ1) is 16.3. The molecule has 1 aliphatic heterocycles. The quantitative estimate of drug-likeness (QED) is 0.885. The second-order valence-electron chi connectivity index (χ2n) is 5.71. The van der Waals surface area contributed by atoms with Crippen LogP contribution in [0.15, 0.2) is 42.5 Å². The number of fused-ring (bicyclic) bond motifs is 1. The third-order valence-corrected chi connectivity index (χ3v) is 4.33. The van der Waals surface area contributed by atoms with Gasteiger partial charge in [0.15, 0.2) is 11.5 Å². The number of hydrogen-bond donors (Lipinski definition) is 2. The van der Waals surface area contributed by atoms with Crippen LogP contribution in [-0.2, 0) is 6.42 Å². The maximum absolute atomic E-state index is 12.6. The SMILES string of the molecule is COc1cccc(C(=O)NCC2NCCc3ccccc32)c1OC. The summed E-state index contributed by atoms with van der Waals surface area (Å²) in [5, 5.41) is 6.46. The maximum Gasteiger partial charge on any atom is 0.255 e. The Balaban J connectivity index is 1.73. The molecule has 126 valence electrons. The van der Waals surface area contributed by atoms with Gasteiger partial charge < -0.3 is 20.1 Å². The number of ether oxygens (including phenoxy) is 2. The fourth-order valence-electron chi connectivity index (χ4n) is 3.13. The molecule has 2 aromatic carbocycles. The Morgan fingerprint density at radius 2 is 2.00 bits per heavy atom. The predicted molar refractivity (Wildman–Crippen MR) is 92.8 cm³/mol. The van der Waals surface area contributed by atoms with Crippen LogP contribution in [0.4, 0.5) is 0 Å². The van der Waals surface area contributed by atoms with E-state index in [9.17, 15) is 4.79 Å². The van der Waals surface area contributed by atoms with E-state index in [1.54, 1.807) is 25.3 Å². The minimum atomic E-state index is -0.171. The lowest BCUT2D eigenvalue weighted by atomic mass is 9.94. The summed E-state index contributed by atoms with van der Waals surface area (Å²) in [6.07, 6.45) is 1.02. The summed E-state index contributed by atoms with van der Waals surface area (Å²) >= 11 is 0. The highest BCUT2D eigenvalue weighted by atomic mass is 16.5. The number of amides is 1. The molecule has 0 fully saturated rings. The molecule has 0 saturated heterocycles. The van der Waals surface area contributed by atoms with Crippen LogP contribution in [0.25, 0.3) is 0 Å². The molecule has 1 amide bonds. The fraction of sp³-hybridized carbons (Fsp3) is 0.316. The van der Waals surface area contributed by atoms with E-state index in [2.05, 4.69) is 28.8 Å². The molecule has 2 N–H and O–H groups in total. The average molecular weight is 326 g/mol. The van der Waals surface area contributed by atoms with E-state index in [1.165, 1.54) is 18.2 Å². The van der Waals surface area contributed by atoms with Crippen molar-refractivity contribution in [3.8, 4) is 11.5 Å². The number of methoxy groups -OCH3 is 2. The Morgan fingerprint density at radius 3 is 2.79 bits per heavy atom. The van der Waals surface area contributed by atoms with Gasteiger partial charge in [0.25, 0.3) is 5.91 Å². The van der Waals surface area contributed by atoms with Crippen LogP contribution in [0.2, 0.25) is 0 Å². The molecule has 2 aromatic rings. The standard InChI is InChI=1S/C19H22N2O3/c1-23-17-9-5-8-15(18(17)24-2)19(22)21-12-16-14-7-4-3-6-13(14)10-11-20-16/h3-9,16,20H,10-12H2,1-2H3,(H,21,22). The molecule has 5 heteroatoms. The Morgan fingerprint density at radius 1 is 1.17 bits per heavy atom. The van der Waals surface area contributed by atoms with Crippen molar-refractivity contribution in [1.82, 2.24) is 10.6 Å². The van der Waals surface area contributed by atoms with Crippen LogP contribution >= 0.6 is 0 Å². The average Bonchev–Trinajstić information content (AvgIpc) is 2.65. The van der Waals surface area contributed by atoms with E-state index in [0.717, 1.165) is 13.0 Å². The van der Waals surface area contributed by atoms with E-state index in [-0.39, 0.29) is 11.9 Å². The largest absolute Gasteiger partial charge is 0.493 e. The summed E-state index contributed by atoms with van der Waals surface area (Å²) in [6, 6.07) is 13.8. The van der Waals surface area contributed by atoms with Gasteiger partial charge in [-0.2, -0.15) is 0 Å². The molecule has 0 aromatic heterocycles. The summed E-state index contributed by atoms with van der Waals surface area (Å²) in [7, 11) is 3.09. The second-order valence-corrected chi connectivity index (χ2v) is 5.71. The highest BCUT2D eigenvalue weighted by Crippen LogP contribution is 2.30. The molecule has 0 saturated carbocycles. The van der Waals surface area contributed by atoms with Gasteiger partial charge in [0.05, 0.1) is 19.8 Å². The first-order valence-corrected chi connectivity index (χ1v) is 8.05. The number of carbonyl (C=O) groups is 1. The van der Waals surface area contributed by atoms with Gasteiger partial charge in [-0.15, -0.1) is 0 Å². The van der Waals surface area contributed by atoms with Gasteiger partial charge in [-0.1, -0.05) is 30.3 Å². The third-order valence-electron chi connectivity index (χ3n) is 4.33. The van der Waals surface area contributed by atoms with Crippen LogP contribution in [0.3, 0.4) is 0 Å². The molecule has 1 heterocycles. The van der Waals surface area contributed by atoms with Gasteiger partial charge in [-0.25, -0.2) is 0 Å². The summed E-state index contributed by atoms with van der Waals surface area (Å²) in [5.41, 5.74) is 3.07. The highest BCUT2D eigenvalue weighted by molar-refractivity contribution is 5.97. The van der Waals surface area contributed by atoms with Crippen molar-refractivity contribution in [2.45, 2.75) is 12.5 Å². The Bertz CT molecular complexity index is 730. The first-order valence-electron chi connectivity index (χ1n) is 8.05. The van der Waals surface area contributed by atoms with Gasteiger partial charge in [0, 0.05) is 12.6 Å². The first-order chi connectivity index (χ1) is 11.7. The number of nitrogens with one attached hydrogen (secondary N) is 2. The Labute approximate surface area is 142 Å². The van der Waals surface area contributed by atoms with E-state index < -0.39 is 0 Å². The van der Waals surface area contributed by atoms with Crippen molar-refractivity contribution < 1.29 is 14.3 Å². The zero-order valence-corrected chi connectivity index (χ0v) is 14.0. The number of carbonyl (C=O) groups excluding carboxylic acids is 1. The molecule has 5 nitrogen and oxygen atoms in total. The molecule has 0 radical (unpaired) electrons. The van der Waals surface area contributed by atoms with Gasteiger partial charge in [0.1, 0.15) is 0 Å². The van der Waals surface area contributed by atoms with E-state index in [1.807, 2.05) is 6.07 Å². The van der Waals surface area contributed by atoms with Crippen molar-refractivity contribution in [1.29, 1.82) is 0 Å². The minimum Gasteiger partial charge on any atom is -0.493 e. The predicted octanol–water partition coefficient (Wildman–Crippen LogP) is 2.32. The molecule has 3 rings (SSSR count). The molecular weight excluding hydrogens is 304 g/mol. The van der Waals surface area contributed by atoms with Gasteiger partial charge >= 0.3 is 0 Å². The lowest BCUT2D eigenvalue weighted by Crippen LogP contribution is -2.38. The Hall–Kier alpha value is -2.53. The molecule has 1 atom stereocenters. The second kappa shape index (κ2) is 7.36. The van der Waals surface area contributed by atoms with Gasteiger partial charge in [0.2, 0.25) is 0 Å². The maximum atomic E-state index is 12.6. The zero-order valence-electron chi connectivity index (χ0n) is 14.0. The summed E-state index contributed by atoms with van der Waals surface area (Å²) in [6.45, 7) is 1.44. The summed E-state index contributed by atoms with van der Waals surface area (Å²) < 4.78 is 10.6. The van der Waals surface area contributed by atoms with E-state index in [4.69, 9.17) is 9.47 Å². The van der Waals surface area contributed by atoms with Crippen molar-refractivity contribution in [2.24, 2.45) is 0 Å². The number of rotatable bonds is 5. The molecular formula is C19H22N2O3. The van der Waals surface area contributed by atoms with Crippen LogP contribution < -0.4 is 20.1 Å². The van der Waals surface area contributed by atoms with Gasteiger partial charge in [-0.3, -0.25) is 4.79 Å². The number of benzene rings is 2. The van der Waals surface area contributed by atoms with Crippen LogP contribution in [0.5, 0.6) is 11.5 Å². The molecule has 1 aliphatic rings. The van der Waals surface area contributed by atoms with Crippen LogP contribution in [0, 0.1) is 0 Å². The summed E-state index contributed by atoms with van der Waals surface area (Å²) in [4.78, 5) is 12.6. The van der Waals surface area contributed by atoms with Gasteiger partial charge in [-0.05, 0) is 36.2 Å². The fourth-order valence-corrected chi connectivity index (χ4v) is 3.13. The smallest absolute Gasteiger partial charge is 0.255 e. The topological polar surface area (TPSA) is 59.6 Å². The molecule has 1 unspecified atom stereocenters.